The van der Waals surface area contributed by atoms with E-state index in [0.29, 0.717) is 13.1 Å². The third kappa shape index (κ3) is 4.94. The Morgan fingerprint density at radius 2 is 2.00 bits per heavy atom. The first-order valence-electron chi connectivity index (χ1n) is 4.97. The Balaban J connectivity index is 4.24. The lowest BCUT2D eigenvalue weighted by Gasteiger charge is -2.22. The van der Waals surface area contributed by atoms with Crippen LogP contribution in [0.25, 0.3) is 0 Å². The number of carboxylic acids is 1. The number of urea groups is 1. The number of carboxylic acid groups (broad SMARTS) is 1. The minimum absolute atomic E-state index is 0.453. The molecule has 94 valence electrons. The second kappa shape index (κ2) is 7.02. The quantitative estimate of drug-likeness (QED) is 0.456. The molecule has 0 radical (unpaired) electrons. The van der Waals surface area contributed by atoms with Crippen LogP contribution in [0.5, 0.6) is 0 Å². The Bertz CT molecular complexity index is 245. The fraction of sp³-hybridized carbons (Fsp3) is 0.778. The molecule has 0 rings (SSSR count). The van der Waals surface area contributed by atoms with Crippen molar-refractivity contribution >= 4 is 12.0 Å². The van der Waals surface area contributed by atoms with Crippen LogP contribution in [0.4, 0.5) is 4.79 Å². The number of aliphatic carboxylic acids is 1. The Kier molecular flexibility index (Phi) is 6.43. The molecular weight excluding hydrogens is 214 g/mol. The van der Waals surface area contributed by atoms with Crippen molar-refractivity contribution < 1.29 is 19.8 Å². The molecule has 0 fully saturated rings. The van der Waals surface area contributed by atoms with E-state index in [1.807, 2.05) is 0 Å². The van der Waals surface area contributed by atoms with E-state index in [1.165, 1.54) is 11.8 Å². The molecule has 7 nitrogen and oxygen atoms in total. The summed E-state index contributed by atoms with van der Waals surface area (Å²) in [6.07, 6.45) is -1.14. The third-order valence-electron chi connectivity index (χ3n) is 2.07. The summed E-state index contributed by atoms with van der Waals surface area (Å²) in [5.41, 5.74) is 0. The van der Waals surface area contributed by atoms with Gasteiger partial charge in [-0.25, -0.2) is 9.59 Å². The van der Waals surface area contributed by atoms with E-state index in [4.69, 9.17) is 10.2 Å². The largest absolute Gasteiger partial charge is 0.480 e. The maximum atomic E-state index is 11.5. The summed E-state index contributed by atoms with van der Waals surface area (Å²) < 4.78 is 0. The molecule has 0 heterocycles. The van der Waals surface area contributed by atoms with Gasteiger partial charge in [0.05, 0.1) is 6.10 Å². The van der Waals surface area contributed by atoms with E-state index < -0.39 is 24.1 Å². The Morgan fingerprint density at radius 1 is 1.44 bits per heavy atom. The van der Waals surface area contributed by atoms with Crippen molar-refractivity contribution in [3.63, 3.8) is 0 Å². The third-order valence-corrected chi connectivity index (χ3v) is 2.07. The van der Waals surface area contributed by atoms with Crippen molar-refractivity contribution in [3.8, 4) is 0 Å². The number of carbonyl (C=O) groups excluding carboxylic acids is 1. The van der Waals surface area contributed by atoms with E-state index in [2.05, 4.69) is 10.6 Å². The average Bonchev–Trinajstić information content (AvgIpc) is 2.20. The van der Waals surface area contributed by atoms with Crippen molar-refractivity contribution in [2.24, 2.45) is 0 Å². The van der Waals surface area contributed by atoms with Gasteiger partial charge in [0.1, 0.15) is 0 Å². The fourth-order valence-corrected chi connectivity index (χ4v) is 1.01. The highest BCUT2D eigenvalue weighted by Gasteiger charge is 2.25. The first-order valence-corrected chi connectivity index (χ1v) is 4.97. The summed E-state index contributed by atoms with van der Waals surface area (Å²) in [5.74, 6) is -1.26. The van der Waals surface area contributed by atoms with Crippen molar-refractivity contribution in [1.82, 2.24) is 15.5 Å². The molecule has 16 heavy (non-hydrogen) atoms. The van der Waals surface area contributed by atoms with Gasteiger partial charge in [0.15, 0.2) is 6.04 Å². The van der Waals surface area contributed by atoms with Gasteiger partial charge in [0, 0.05) is 20.1 Å². The van der Waals surface area contributed by atoms with Gasteiger partial charge in [0.25, 0.3) is 0 Å². The minimum Gasteiger partial charge on any atom is -0.480 e. The van der Waals surface area contributed by atoms with Gasteiger partial charge in [0.2, 0.25) is 0 Å². The number of aliphatic hydroxyl groups is 1. The van der Waals surface area contributed by atoms with Crippen LogP contribution in [0.15, 0.2) is 0 Å². The number of carbonyl (C=O) groups is 2. The zero-order valence-corrected chi connectivity index (χ0v) is 9.73. The summed E-state index contributed by atoms with van der Waals surface area (Å²) in [6, 6.07) is -1.81. The second-order valence-electron chi connectivity index (χ2n) is 3.53. The summed E-state index contributed by atoms with van der Waals surface area (Å²) in [5, 5.41) is 23.0. The summed E-state index contributed by atoms with van der Waals surface area (Å²) >= 11 is 0. The molecule has 2 amide bonds. The molecule has 0 bridgehead atoms. The average molecular weight is 233 g/mol. The van der Waals surface area contributed by atoms with Crippen molar-refractivity contribution in [2.75, 3.05) is 27.2 Å². The molecule has 4 N–H and O–H groups in total. The molecule has 0 aromatic carbocycles. The Hall–Kier alpha value is -1.34. The van der Waals surface area contributed by atoms with Gasteiger partial charge in [-0.15, -0.1) is 0 Å². The number of hydrogen-bond donors (Lipinski definition) is 4. The van der Waals surface area contributed by atoms with Gasteiger partial charge >= 0.3 is 12.0 Å². The lowest BCUT2D eigenvalue weighted by Crippen LogP contribution is -2.52. The fourth-order valence-electron chi connectivity index (χ4n) is 1.01. The lowest BCUT2D eigenvalue weighted by molar-refractivity contribution is -0.141. The number of aliphatic hydroxyl groups excluding tert-OH is 1. The lowest BCUT2D eigenvalue weighted by atomic mass is 10.2. The molecule has 7 heteroatoms. The molecule has 0 aromatic rings. The number of nitrogens with zero attached hydrogens (tertiary/aromatic N) is 1. The van der Waals surface area contributed by atoms with Gasteiger partial charge in [-0.05, 0) is 14.0 Å². The van der Waals surface area contributed by atoms with Crippen LogP contribution in [-0.4, -0.2) is 66.4 Å². The SMILES string of the molecule is CNCCN(C)C(=O)NC(C(=O)O)C(C)O. The normalized spacial score (nSPS) is 14.0. The molecule has 0 saturated carbocycles. The molecule has 0 saturated heterocycles. The maximum Gasteiger partial charge on any atom is 0.328 e. The van der Waals surface area contributed by atoms with Gasteiger partial charge in [-0.1, -0.05) is 0 Å². The Morgan fingerprint density at radius 3 is 2.38 bits per heavy atom. The molecule has 0 aliphatic rings. The predicted octanol–water partition coefficient (Wildman–Crippen LogP) is -1.32. The van der Waals surface area contributed by atoms with Crippen LogP contribution < -0.4 is 10.6 Å². The molecular formula is C9H19N3O4. The number of likely N-dealkylation sites (N-methyl/N-ethyl adjacent to an activating group) is 2. The van der Waals surface area contributed by atoms with E-state index in [-0.39, 0.29) is 0 Å². The molecule has 0 spiro atoms. The summed E-state index contributed by atoms with van der Waals surface area (Å²) in [7, 11) is 3.30. The van der Waals surface area contributed by atoms with Crippen molar-refractivity contribution in [1.29, 1.82) is 0 Å². The first-order chi connectivity index (χ1) is 7.40. The zero-order valence-electron chi connectivity index (χ0n) is 9.73. The molecule has 2 atom stereocenters. The number of nitrogens with one attached hydrogen (secondary N) is 2. The zero-order chi connectivity index (χ0) is 12.7. The highest BCUT2D eigenvalue weighted by atomic mass is 16.4. The van der Waals surface area contributed by atoms with Crippen LogP contribution in [-0.2, 0) is 4.79 Å². The molecule has 0 aliphatic heterocycles. The van der Waals surface area contributed by atoms with E-state index in [9.17, 15) is 9.59 Å². The van der Waals surface area contributed by atoms with Crippen LogP contribution in [0.1, 0.15) is 6.92 Å². The van der Waals surface area contributed by atoms with Crippen LogP contribution in [0.2, 0.25) is 0 Å². The van der Waals surface area contributed by atoms with Gasteiger partial charge in [-0.2, -0.15) is 0 Å². The van der Waals surface area contributed by atoms with Crippen molar-refractivity contribution in [2.45, 2.75) is 19.1 Å². The molecule has 0 aromatic heterocycles. The Labute approximate surface area is 94.4 Å². The predicted molar refractivity (Wildman–Crippen MR) is 58.2 cm³/mol. The second-order valence-corrected chi connectivity index (χ2v) is 3.53. The maximum absolute atomic E-state index is 11.5. The van der Waals surface area contributed by atoms with E-state index in [1.54, 1.807) is 14.1 Å². The highest BCUT2D eigenvalue weighted by molar-refractivity contribution is 5.82. The van der Waals surface area contributed by atoms with Gasteiger partial charge < -0.3 is 25.7 Å². The molecule has 2 unspecified atom stereocenters. The van der Waals surface area contributed by atoms with Crippen LogP contribution in [0.3, 0.4) is 0 Å². The standard InChI is InChI=1S/C9H19N3O4/c1-6(13)7(8(14)15)11-9(16)12(3)5-4-10-2/h6-7,10,13H,4-5H2,1-3H3,(H,11,16)(H,14,15). The van der Waals surface area contributed by atoms with E-state index in [0.717, 1.165) is 0 Å². The van der Waals surface area contributed by atoms with Crippen LogP contribution in [0, 0.1) is 0 Å². The van der Waals surface area contributed by atoms with E-state index >= 15 is 0 Å². The molecule has 0 aliphatic carbocycles. The number of hydrogen-bond acceptors (Lipinski definition) is 4. The van der Waals surface area contributed by atoms with Gasteiger partial charge in [-0.3, -0.25) is 0 Å². The van der Waals surface area contributed by atoms with Crippen LogP contribution >= 0.6 is 0 Å². The monoisotopic (exact) mass is 233 g/mol. The summed E-state index contributed by atoms with van der Waals surface area (Å²) in [4.78, 5) is 23.5. The summed E-state index contributed by atoms with van der Waals surface area (Å²) in [6.45, 7) is 2.37. The smallest absolute Gasteiger partial charge is 0.328 e. The number of rotatable bonds is 6. The van der Waals surface area contributed by atoms with Crippen molar-refractivity contribution in [3.05, 3.63) is 0 Å². The minimum atomic E-state index is -1.29. The number of amides is 2. The first kappa shape index (κ1) is 14.7. The highest BCUT2D eigenvalue weighted by Crippen LogP contribution is 1.95. The topological polar surface area (TPSA) is 102 Å².